The number of aryl methyl sites for hydroxylation is 1. The largest absolute Gasteiger partial charge is 0.399 e. The highest BCUT2D eigenvalue weighted by molar-refractivity contribution is 7.91. The van der Waals surface area contributed by atoms with Crippen LogP contribution in [0.15, 0.2) is 40.6 Å². The molecule has 1 aromatic carbocycles. The predicted octanol–water partition coefficient (Wildman–Crippen LogP) is 2.12. The van der Waals surface area contributed by atoms with Gasteiger partial charge < -0.3 is 5.73 Å². The lowest BCUT2D eigenvalue weighted by Crippen LogP contribution is -2.22. The van der Waals surface area contributed by atoms with Crippen molar-refractivity contribution in [2.24, 2.45) is 0 Å². The molecule has 0 fully saturated rings. The van der Waals surface area contributed by atoms with Crippen molar-refractivity contribution < 1.29 is 8.42 Å². The van der Waals surface area contributed by atoms with Gasteiger partial charge in [-0.05, 0) is 36.8 Å². The van der Waals surface area contributed by atoms with Crippen LogP contribution in [0.5, 0.6) is 0 Å². The van der Waals surface area contributed by atoms with Gasteiger partial charge in [0.05, 0.1) is 0 Å². The van der Waals surface area contributed by atoms with Gasteiger partial charge in [-0.3, -0.25) is 0 Å². The maximum absolute atomic E-state index is 12.0. The molecule has 0 radical (unpaired) electrons. The molecule has 0 atom stereocenters. The Kier molecular flexibility index (Phi) is 3.70. The van der Waals surface area contributed by atoms with E-state index in [0.717, 1.165) is 10.4 Å². The molecule has 0 amide bonds. The molecule has 0 bridgehead atoms. The average Bonchev–Trinajstić information content (AvgIpc) is 2.76. The molecule has 4 nitrogen and oxygen atoms in total. The molecule has 0 aliphatic carbocycles. The first kappa shape index (κ1) is 13.1. The Bertz CT molecular complexity index is 630. The Morgan fingerprint density at radius 2 is 1.83 bits per heavy atom. The number of benzene rings is 1. The standard InChI is InChI=1S/C12H14N2O2S2/c1-9-2-7-12(17-9)18(15,16)14-8-10-3-5-11(13)6-4-10/h2-7,14H,8,13H2,1H3. The lowest BCUT2D eigenvalue weighted by Gasteiger charge is -2.05. The van der Waals surface area contributed by atoms with Gasteiger partial charge in [-0.15, -0.1) is 11.3 Å². The third-order valence-corrected chi connectivity index (χ3v) is 5.32. The molecular formula is C12H14N2O2S2. The SMILES string of the molecule is Cc1ccc(S(=O)(=O)NCc2ccc(N)cc2)s1. The topological polar surface area (TPSA) is 72.2 Å². The second kappa shape index (κ2) is 5.09. The number of sulfonamides is 1. The highest BCUT2D eigenvalue weighted by Crippen LogP contribution is 2.20. The molecule has 0 saturated heterocycles. The molecule has 0 aliphatic heterocycles. The van der Waals surface area contributed by atoms with E-state index in [-0.39, 0.29) is 6.54 Å². The zero-order valence-electron chi connectivity index (χ0n) is 9.88. The van der Waals surface area contributed by atoms with Crippen molar-refractivity contribution >= 4 is 27.0 Å². The molecule has 0 spiro atoms. The molecule has 18 heavy (non-hydrogen) atoms. The number of rotatable bonds is 4. The molecule has 0 saturated carbocycles. The zero-order valence-corrected chi connectivity index (χ0v) is 11.5. The number of nitrogens with two attached hydrogens (primary N) is 1. The Balaban J connectivity index is 2.08. The number of nitrogens with one attached hydrogen (secondary N) is 1. The van der Waals surface area contributed by atoms with Crippen LogP contribution in [-0.4, -0.2) is 8.42 Å². The fourth-order valence-electron chi connectivity index (χ4n) is 1.44. The lowest BCUT2D eigenvalue weighted by atomic mass is 10.2. The van der Waals surface area contributed by atoms with E-state index in [9.17, 15) is 8.42 Å². The second-order valence-corrected chi connectivity index (χ2v) is 7.21. The summed E-state index contributed by atoms with van der Waals surface area (Å²) in [6.45, 7) is 2.14. The quantitative estimate of drug-likeness (QED) is 0.844. The minimum absolute atomic E-state index is 0.263. The number of thiophene rings is 1. The van der Waals surface area contributed by atoms with Crippen molar-refractivity contribution in [2.75, 3.05) is 5.73 Å². The first-order chi connectivity index (χ1) is 8.47. The van der Waals surface area contributed by atoms with Gasteiger partial charge in [0.15, 0.2) is 0 Å². The molecule has 0 aliphatic rings. The average molecular weight is 282 g/mol. The molecular weight excluding hydrogens is 268 g/mol. The first-order valence-corrected chi connectivity index (χ1v) is 7.68. The van der Waals surface area contributed by atoms with Crippen molar-refractivity contribution in [3.63, 3.8) is 0 Å². The summed E-state index contributed by atoms with van der Waals surface area (Å²) in [6, 6.07) is 10.5. The number of hydrogen-bond acceptors (Lipinski definition) is 4. The molecule has 1 heterocycles. The van der Waals surface area contributed by atoms with Gasteiger partial charge in [-0.25, -0.2) is 13.1 Å². The van der Waals surface area contributed by atoms with Gasteiger partial charge in [0, 0.05) is 17.1 Å². The van der Waals surface area contributed by atoms with E-state index in [2.05, 4.69) is 4.72 Å². The second-order valence-electron chi connectivity index (χ2n) is 3.93. The summed E-state index contributed by atoms with van der Waals surface area (Å²) in [5, 5.41) is 0. The molecule has 2 aromatic rings. The minimum Gasteiger partial charge on any atom is -0.399 e. The van der Waals surface area contributed by atoms with E-state index in [1.807, 2.05) is 6.92 Å². The predicted molar refractivity (Wildman–Crippen MR) is 73.9 cm³/mol. The minimum atomic E-state index is -3.41. The van der Waals surface area contributed by atoms with Crippen LogP contribution in [0.4, 0.5) is 5.69 Å². The van der Waals surface area contributed by atoms with Gasteiger partial charge in [0.2, 0.25) is 10.0 Å². The molecule has 2 rings (SSSR count). The molecule has 6 heteroatoms. The van der Waals surface area contributed by atoms with Gasteiger partial charge in [-0.1, -0.05) is 12.1 Å². The summed E-state index contributed by atoms with van der Waals surface area (Å²) in [7, 11) is -3.41. The number of hydrogen-bond donors (Lipinski definition) is 2. The van der Waals surface area contributed by atoms with Crippen molar-refractivity contribution in [3.05, 3.63) is 46.8 Å². The fourth-order valence-corrected chi connectivity index (χ4v) is 3.79. The van der Waals surface area contributed by atoms with E-state index in [1.54, 1.807) is 36.4 Å². The highest BCUT2D eigenvalue weighted by atomic mass is 32.2. The third-order valence-electron chi connectivity index (χ3n) is 2.43. The Labute approximate surface area is 111 Å². The fraction of sp³-hybridized carbons (Fsp3) is 0.167. The van der Waals surface area contributed by atoms with E-state index < -0.39 is 10.0 Å². The van der Waals surface area contributed by atoms with Gasteiger partial charge in [0.25, 0.3) is 0 Å². The van der Waals surface area contributed by atoms with Crippen LogP contribution in [0.3, 0.4) is 0 Å². The van der Waals surface area contributed by atoms with Gasteiger partial charge in [0.1, 0.15) is 4.21 Å². The van der Waals surface area contributed by atoms with E-state index in [1.165, 1.54) is 11.3 Å². The van der Waals surface area contributed by atoms with E-state index in [0.29, 0.717) is 9.90 Å². The molecule has 3 N–H and O–H groups in total. The third kappa shape index (κ3) is 3.10. The Hall–Kier alpha value is -1.37. The lowest BCUT2D eigenvalue weighted by molar-refractivity contribution is 0.583. The van der Waals surface area contributed by atoms with Crippen LogP contribution in [-0.2, 0) is 16.6 Å². The van der Waals surface area contributed by atoms with Crippen LogP contribution in [0.1, 0.15) is 10.4 Å². The van der Waals surface area contributed by atoms with Crippen molar-refractivity contribution in [3.8, 4) is 0 Å². The normalized spacial score (nSPS) is 11.6. The van der Waals surface area contributed by atoms with Crippen molar-refractivity contribution in [1.29, 1.82) is 0 Å². The van der Waals surface area contributed by atoms with Crippen LogP contribution in [0.2, 0.25) is 0 Å². The Morgan fingerprint density at radius 1 is 1.17 bits per heavy atom. The first-order valence-electron chi connectivity index (χ1n) is 5.38. The maximum Gasteiger partial charge on any atom is 0.250 e. The summed E-state index contributed by atoms with van der Waals surface area (Å²) in [6.07, 6.45) is 0. The molecule has 1 aromatic heterocycles. The van der Waals surface area contributed by atoms with Crippen LogP contribution in [0, 0.1) is 6.92 Å². The smallest absolute Gasteiger partial charge is 0.250 e. The Morgan fingerprint density at radius 3 is 2.39 bits per heavy atom. The van der Waals surface area contributed by atoms with Crippen LogP contribution in [0.25, 0.3) is 0 Å². The maximum atomic E-state index is 12.0. The van der Waals surface area contributed by atoms with Gasteiger partial charge in [-0.2, -0.15) is 0 Å². The molecule has 96 valence electrons. The summed E-state index contributed by atoms with van der Waals surface area (Å²) >= 11 is 1.26. The summed E-state index contributed by atoms with van der Waals surface area (Å²) < 4.78 is 26.8. The zero-order chi connectivity index (χ0) is 13.2. The van der Waals surface area contributed by atoms with Crippen molar-refractivity contribution in [2.45, 2.75) is 17.7 Å². The van der Waals surface area contributed by atoms with Crippen molar-refractivity contribution in [1.82, 2.24) is 4.72 Å². The van der Waals surface area contributed by atoms with Crippen LogP contribution >= 0.6 is 11.3 Å². The molecule has 0 unspecified atom stereocenters. The summed E-state index contributed by atoms with van der Waals surface area (Å²) in [5.74, 6) is 0. The van der Waals surface area contributed by atoms with Crippen LogP contribution < -0.4 is 10.5 Å². The number of nitrogen functional groups attached to an aromatic ring is 1. The van der Waals surface area contributed by atoms with E-state index in [4.69, 9.17) is 5.73 Å². The van der Waals surface area contributed by atoms with E-state index >= 15 is 0 Å². The monoisotopic (exact) mass is 282 g/mol. The van der Waals surface area contributed by atoms with Gasteiger partial charge >= 0.3 is 0 Å². The number of anilines is 1. The summed E-state index contributed by atoms with van der Waals surface area (Å²) in [4.78, 5) is 0.975. The summed E-state index contributed by atoms with van der Waals surface area (Å²) in [5.41, 5.74) is 7.10. The highest BCUT2D eigenvalue weighted by Gasteiger charge is 2.15.